The highest BCUT2D eigenvalue weighted by Crippen LogP contribution is 2.24. The first-order chi connectivity index (χ1) is 10.6. The maximum Gasteiger partial charge on any atom is 0.193 e. The number of hydrogen-bond acceptors (Lipinski definition) is 5. The minimum atomic E-state index is 0.491. The van der Waals surface area contributed by atoms with Crippen LogP contribution in [0.15, 0.2) is 24.5 Å². The molecule has 22 heavy (non-hydrogen) atoms. The Morgan fingerprint density at radius 1 is 1.18 bits per heavy atom. The maximum absolute atomic E-state index is 6.23. The van der Waals surface area contributed by atoms with E-state index >= 15 is 0 Å². The van der Waals surface area contributed by atoms with E-state index in [0.717, 1.165) is 16.6 Å². The SMILES string of the molecule is Cc1nn(Cc2ccc(Cl)cc2Cl)c2ncn3nnnc3c12. The van der Waals surface area contributed by atoms with Gasteiger partial charge in [-0.05, 0) is 35.0 Å². The van der Waals surface area contributed by atoms with Crippen molar-refractivity contribution in [3.05, 3.63) is 45.8 Å². The van der Waals surface area contributed by atoms with Crippen LogP contribution in [0.4, 0.5) is 0 Å². The van der Waals surface area contributed by atoms with Crippen LogP contribution >= 0.6 is 23.2 Å². The predicted octanol–water partition coefficient (Wildman–Crippen LogP) is 2.53. The Labute approximate surface area is 134 Å². The highest BCUT2D eigenvalue weighted by atomic mass is 35.5. The van der Waals surface area contributed by atoms with Crippen molar-refractivity contribution >= 4 is 39.9 Å². The molecular weight excluding hydrogens is 325 g/mol. The highest BCUT2D eigenvalue weighted by Gasteiger charge is 2.15. The third kappa shape index (κ3) is 2.01. The molecule has 0 bridgehead atoms. The minimum Gasteiger partial charge on any atom is -0.242 e. The summed E-state index contributed by atoms with van der Waals surface area (Å²) >= 11 is 12.2. The molecule has 0 saturated carbocycles. The van der Waals surface area contributed by atoms with E-state index in [1.807, 2.05) is 13.0 Å². The standard InChI is InChI=1S/C13H9Cl2N7/c1-7-11-12(16-6-22-13(11)17-19-20-22)21(18-7)5-8-2-3-9(14)4-10(8)15/h2-4,6H,5H2,1H3. The zero-order valence-corrected chi connectivity index (χ0v) is 12.9. The largest absolute Gasteiger partial charge is 0.242 e. The summed E-state index contributed by atoms with van der Waals surface area (Å²) in [5.74, 6) is 0. The Balaban J connectivity index is 1.88. The van der Waals surface area contributed by atoms with E-state index in [4.69, 9.17) is 23.2 Å². The molecular formula is C13H9Cl2N7. The number of benzene rings is 1. The quantitative estimate of drug-likeness (QED) is 0.563. The van der Waals surface area contributed by atoms with E-state index in [0.29, 0.717) is 27.9 Å². The molecule has 1 aromatic carbocycles. The van der Waals surface area contributed by atoms with Crippen LogP contribution in [-0.2, 0) is 6.54 Å². The zero-order chi connectivity index (χ0) is 15.3. The van der Waals surface area contributed by atoms with Gasteiger partial charge in [0, 0.05) is 10.0 Å². The van der Waals surface area contributed by atoms with E-state index < -0.39 is 0 Å². The summed E-state index contributed by atoms with van der Waals surface area (Å²) in [5.41, 5.74) is 3.08. The Kier molecular flexibility index (Phi) is 2.98. The molecule has 4 rings (SSSR count). The number of fused-ring (bicyclic) bond motifs is 3. The van der Waals surface area contributed by atoms with E-state index in [1.54, 1.807) is 23.1 Å². The van der Waals surface area contributed by atoms with Crippen molar-refractivity contribution in [3.63, 3.8) is 0 Å². The summed E-state index contributed by atoms with van der Waals surface area (Å²) in [6.07, 6.45) is 1.57. The van der Waals surface area contributed by atoms with Crippen molar-refractivity contribution in [1.29, 1.82) is 0 Å². The molecule has 0 amide bonds. The predicted molar refractivity (Wildman–Crippen MR) is 82.2 cm³/mol. The summed E-state index contributed by atoms with van der Waals surface area (Å²) < 4.78 is 3.31. The molecule has 0 aliphatic heterocycles. The Morgan fingerprint density at radius 3 is 2.86 bits per heavy atom. The molecule has 0 unspecified atom stereocenters. The number of tetrazole rings is 1. The van der Waals surface area contributed by atoms with E-state index in [2.05, 4.69) is 25.6 Å². The van der Waals surface area contributed by atoms with E-state index in [9.17, 15) is 0 Å². The molecule has 0 aliphatic rings. The van der Waals surface area contributed by atoms with Crippen molar-refractivity contribution in [3.8, 4) is 0 Å². The lowest BCUT2D eigenvalue weighted by atomic mass is 10.2. The zero-order valence-electron chi connectivity index (χ0n) is 11.4. The number of aromatic nitrogens is 7. The summed E-state index contributed by atoms with van der Waals surface area (Å²) in [4.78, 5) is 4.40. The molecule has 0 radical (unpaired) electrons. The molecule has 3 heterocycles. The van der Waals surface area contributed by atoms with Gasteiger partial charge in [-0.3, -0.25) is 0 Å². The van der Waals surface area contributed by atoms with Crippen molar-refractivity contribution in [2.75, 3.05) is 0 Å². The molecule has 0 spiro atoms. The van der Waals surface area contributed by atoms with Gasteiger partial charge in [-0.2, -0.15) is 9.61 Å². The van der Waals surface area contributed by atoms with E-state index in [-0.39, 0.29) is 0 Å². The van der Waals surface area contributed by atoms with Gasteiger partial charge in [-0.1, -0.05) is 29.3 Å². The van der Waals surface area contributed by atoms with Gasteiger partial charge in [0.25, 0.3) is 0 Å². The normalized spacial score (nSPS) is 11.6. The highest BCUT2D eigenvalue weighted by molar-refractivity contribution is 6.35. The average Bonchev–Trinajstić information content (AvgIpc) is 3.06. The van der Waals surface area contributed by atoms with Gasteiger partial charge < -0.3 is 0 Å². The molecule has 9 heteroatoms. The summed E-state index contributed by atoms with van der Waals surface area (Å²) in [6, 6.07) is 5.39. The first-order valence-corrected chi connectivity index (χ1v) is 7.23. The van der Waals surface area contributed by atoms with Gasteiger partial charge in [0.2, 0.25) is 0 Å². The number of hydrogen-bond donors (Lipinski definition) is 0. The minimum absolute atomic E-state index is 0.491. The monoisotopic (exact) mass is 333 g/mol. The third-order valence-electron chi connectivity index (χ3n) is 3.44. The van der Waals surface area contributed by atoms with Crippen LogP contribution in [0, 0.1) is 6.92 Å². The molecule has 3 aromatic heterocycles. The van der Waals surface area contributed by atoms with Gasteiger partial charge in [0.1, 0.15) is 6.33 Å². The lowest BCUT2D eigenvalue weighted by molar-refractivity contribution is 0.694. The van der Waals surface area contributed by atoms with E-state index in [1.165, 1.54) is 4.52 Å². The van der Waals surface area contributed by atoms with Crippen LogP contribution in [0.3, 0.4) is 0 Å². The molecule has 0 fully saturated rings. The van der Waals surface area contributed by atoms with Crippen molar-refractivity contribution in [1.82, 2.24) is 34.8 Å². The third-order valence-corrected chi connectivity index (χ3v) is 4.03. The van der Waals surface area contributed by atoms with Crippen LogP contribution < -0.4 is 0 Å². The van der Waals surface area contributed by atoms with Crippen molar-refractivity contribution in [2.45, 2.75) is 13.5 Å². The van der Waals surface area contributed by atoms with Gasteiger partial charge in [-0.15, -0.1) is 5.10 Å². The van der Waals surface area contributed by atoms with Crippen molar-refractivity contribution < 1.29 is 0 Å². The molecule has 0 atom stereocenters. The Morgan fingerprint density at radius 2 is 2.05 bits per heavy atom. The fourth-order valence-corrected chi connectivity index (χ4v) is 2.90. The van der Waals surface area contributed by atoms with Crippen LogP contribution in [0.25, 0.3) is 16.7 Å². The summed E-state index contributed by atoms with van der Waals surface area (Å²) in [7, 11) is 0. The Bertz CT molecular complexity index is 1000. The second kappa shape index (κ2) is 4.89. The van der Waals surface area contributed by atoms with Crippen molar-refractivity contribution in [2.24, 2.45) is 0 Å². The fraction of sp³-hybridized carbons (Fsp3) is 0.154. The number of rotatable bonds is 2. The second-order valence-corrected chi connectivity index (χ2v) is 5.71. The molecule has 0 aliphatic carbocycles. The summed E-state index contributed by atoms with van der Waals surface area (Å²) in [5, 5.41) is 18.1. The number of nitrogens with zero attached hydrogens (tertiary/aromatic N) is 7. The fourth-order valence-electron chi connectivity index (χ4n) is 2.43. The van der Waals surface area contributed by atoms with Crippen LogP contribution in [-0.4, -0.2) is 34.8 Å². The first-order valence-electron chi connectivity index (χ1n) is 6.47. The van der Waals surface area contributed by atoms with Crippen LogP contribution in [0.5, 0.6) is 0 Å². The van der Waals surface area contributed by atoms with Gasteiger partial charge in [-0.25, -0.2) is 9.67 Å². The lowest BCUT2D eigenvalue weighted by Crippen LogP contribution is -2.04. The average molecular weight is 334 g/mol. The molecule has 7 nitrogen and oxygen atoms in total. The first kappa shape index (κ1) is 13.4. The molecule has 0 saturated heterocycles. The number of aryl methyl sites for hydroxylation is 1. The second-order valence-electron chi connectivity index (χ2n) is 4.87. The smallest absolute Gasteiger partial charge is 0.193 e. The van der Waals surface area contributed by atoms with Crippen LogP contribution in [0.2, 0.25) is 10.0 Å². The molecule has 4 aromatic rings. The summed E-state index contributed by atoms with van der Waals surface area (Å²) in [6.45, 7) is 2.39. The Hall–Kier alpha value is -2.25. The molecule has 0 N–H and O–H groups in total. The van der Waals surface area contributed by atoms with Gasteiger partial charge >= 0.3 is 0 Å². The topological polar surface area (TPSA) is 73.8 Å². The molecule has 110 valence electrons. The maximum atomic E-state index is 6.23. The van der Waals surface area contributed by atoms with Crippen LogP contribution in [0.1, 0.15) is 11.3 Å². The number of halogens is 2. The van der Waals surface area contributed by atoms with Gasteiger partial charge in [0.05, 0.1) is 17.6 Å². The van der Waals surface area contributed by atoms with Gasteiger partial charge in [0.15, 0.2) is 11.3 Å². The lowest BCUT2D eigenvalue weighted by Gasteiger charge is -2.06.